The monoisotopic (exact) mass is 336 g/mol. The number of aromatic nitrogens is 3. The highest BCUT2D eigenvalue weighted by molar-refractivity contribution is 5.99. The lowest BCUT2D eigenvalue weighted by Crippen LogP contribution is -2.42. The molecule has 2 aromatic heterocycles. The van der Waals surface area contributed by atoms with Gasteiger partial charge in [0.15, 0.2) is 0 Å². The molecule has 1 saturated heterocycles. The second-order valence-corrected chi connectivity index (χ2v) is 6.38. The van der Waals surface area contributed by atoms with Crippen LogP contribution in [0.5, 0.6) is 0 Å². The van der Waals surface area contributed by atoms with Crippen molar-refractivity contribution in [2.75, 3.05) is 19.7 Å². The van der Waals surface area contributed by atoms with E-state index in [9.17, 15) is 4.79 Å². The van der Waals surface area contributed by atoms with Crippen molar-refractivity contribution in [3.05, 3.63) is 59.3 Å². The highest BCUT2D eigenvalue weighted by Gasteiger charge is 2.27. The molecule has 6 nitrogen and oxygen atoms in total. The lowest BCUT2D eigenvalue weighted by Gasteiger charge is -2.32. The van der Waals surface area contributed by atoms with E-state index in [1.165, 1.54) is 5.56 Å². The zero-order valence-electron chi connectivity index (χ0n) is 14.3. The van der Waals surface area contributed by atoms with Crippen molar-refractivity contribution in [2.24, 2.45) is 0 Å². The number of nitrogens with one attached hydrogen (secondary N) is 1. The lowest BCUT2D eigenvalue weighted by molar-refractivity contribution is -0.0248. The number of aryl methyl sites for hydroxylation is 2. The number of amides is 1. The van der Waals surface area contributed by atoms with Gasteiger partial charge in [0.25, 0.3) is 5.91 Å². The minimum atomic E-state index is -0.230. The third kappa shape index (κ3) is 2.89. The summed E-state index contributed by atoms with van der Waals surface area (Å²) in [6.45, 7) is 5.68. The smallest absolute Gasteiger partial charge is 0.254 e. The van der Waals surface area contributed by atoms with Crippen molar-refractivity contribution in [3.63, 3.8) is 0 Å². The Hall–Kier alpha value is -2.73. The first-order valence-electron chi connectivity index (χ1n) is 8.39. The molecule has 0 radical (unpaired) electrons. The maximum atomic E-state index is 13.0. The van der Waals surface area contributed by atoms with Crippen LogP contribution in [0.4, 0.5) is 0 Å². The van der Waals surface area contributed by atoms with Crippen molar-refractivity contribution in [2.45, 2.75) is 20.0 Å². The molecule has 1 aliphatic heterocycles. The van der Waals surface area contributed by atoms with Crippen LogP contribution in [0.15, 0.2) is 36.8 Å². The van der Waals surface area contributed by atoms with Crippen molar-refractivity contribution in [3.8, 4) is 0 Å². The van der Waals surface area contributed by atoms with Gasteiger partial charge in [-0.15, -0.1) is 0 Å². The van der Waals surface area contributed by atoms with Gasteiger partial charge >= 0.3 is 0 Å². The number of ether oxygens (including phenoxy) is 1. The molecule has 0 saturated carbocycles. The predicted octanol–water partition coefficient (Wildman–Crippen LogP) is 2.79. The topological polar surface area (TPSA) is 71.1 Å². The van der Waals surface area contributed by atoms with Gasteiger partial charge in [0.05, 0.1) is 25.0 Å². The molecule has 0 spiro atoms. The summed E-state index contributed by atoms with van der Waals surface area (Å²) in [5.41, 5.74) is 4.84. The van der Waals surface area contributed by atoms with E-state index in [-0.39, 0.29) is 12.0 Å². The largest absolute Gasteiger partial charge is 0.368 e. The molecule has 25 heavy (non-hydrogen) atoms. The van der Waals surface area contributed by atoms with Gasteiger partial charge in [-0.05, 0) is 37.6 Å². The van der Waals surface area contributed by atoms with E-state index in [1.807, 2.05) is 30.0 Å². The Labute approximate surface area is 145 Å². The Kier molecular flexibility index (Phi) is 3.97. The second-order valence-electron chi connectivity index (χ2n) is 6.38. The van der Waals surface area contributed by atoms with Crippen LogP contribution in [0.1, 0.15) is 33.4 Å². The number of carbonyl (C=O) groups is 1. The number of morpholine rings is 1. The molecule has 0 unspecified atom stereocenters. The van der Waals surface area contributed by atoms with Crippen LogP contribution in [0.25, 0.3) is 10.9 Å². The van der Waals surface area contributed by atoms with Crippen LogP contribution in [0.2, 0.25) is 0 Å². The average molecular weight is 336 g/mol. The van der Waals surface area contributed by atoms with Crippen molar-refractivity contribution in [1.82, 2.24) is 19.9 Å². The molecule has 1 fully saturated rings. The first-order valence-corrected chi connectivity index (χ1v) is 8.39. The number of benzene rings is 1. The molecule has 1 aliphatic rings. The van der Waals surface area contributed by atoms with Gasteiger partial charge in [0.2, 0.25) is 0 Å². The molecule has 3 aromatic rings. The maximum absolute atomic E-state index is 13.0. The normalized spacial score (nSPS) is 17.8. The number of rotatable bonds is 2. The fourth-order valence-electron chi connectivity index (χ4n) is 3.27. The van der Waals surface area contributed by atoms with E-state index in [2.05, 4.69) is 21.9 Å². The fourth-order valence-corrected chi connectivity index (χ4v) is 3.27. The Balaban J connectivity index is 1.59. The Morgan fingerprint density at radius 2 is 2.20 bits per heavy atom. The van der Waals surface area contributed by atoms with Gasteiger partial charge in [0.1, 0.15) is 6.10 Å². The number of H-pyrrole nitrogens is 1. The van der Waals surface area contributed by atoms with Gasteiger partial charge < -0.3 is 14.6 Å². The Bertz CT molecular complexity index is 920. The molecule has 1 amide bonds. The molecule has 4 rings (SSSR count). The van der Waals surface area contributed by atoms with Gasteiger partial charge in [-0.25, -0.2) is 0 Å². The lowest BCUT2D eigenvalue weighted by atomic mass is 10.1. The standard InChI is InChI=1S/C19H20N4O2/c1-12-13(2)22-16-4-3-14(9-15(12)16)19(24)23-7-8-25-18(11-23)17-10-20-5-6-21-17/h3-6,9-10,18,22H,7-8,11H2,1-2H3/t18-/m0/s1. The SMILES string of the molecule is Cc1[nH]c2ccc(C(=O)N3CCO[C@H](c4cnccn4)C3)cc2c1C. The van der Waals surface area contributed by atoms with Crippen molar-refractivity contribution in [1.29, 1.82) is 0 Å². The number of fused-ring (bicyclic) bond motifs is 1. The van der Waals surface area contributed by atoms with Crippen LogP contribution < -0.4 is 0 Å². The number of aromatic amines is 1. The summed E-state index contributed by atoms with van der Waals surface area (Å²) >= 11 is 0. The van der Waals surface area contributed by atoms with E-state index in [0.29, 0.717) is 25.3 Å². The summed E-state index contributed by atoms with van der Waals surface area (Å²) in [5, 5.41) is 1.10. The molecule has 3 heterocycles. The van der Waals surface area contributed by atoms with Crippen molar-refractivity contribution >= 4 is 16.8 Å². The molecule has 1 atom stereocenters. The Morgan fingerprint density at radius 1 is 1.32 bits per heavy atom. The highest BCUT2D eigenvalue weighted by atomic mass is 16.5. The average Bonchev–Trinajstić information content (AvgIpc) is 2.95. The highest BCUT2D eigenvalue weighted by Crippen LogP contribution is 2.25. The van der Waals surface area contributed by atoms with Crippen LogP contribution in [0.3, 0.4) is 0 Å². The molecular weight excluding hydrogens is 316 g/mol. The van der Waals surface area contributed by atoms with E-state index in [4.69, 9.17) is 4.74 Å². The first-order chi connectivity index (χ1) is 12.1. The molecule has 128 valence electrons. The number of hydrogen-bond donors (Lipinski definition) is 1. The molecule has 0 aliphatic carbocycles. The number of carbonyl (C=O) groups excluding carboxylic acids is 1. The number of nitrogens with zero attached hydrogens (tertiary/aromatic N) is 3. The van der Waals surface area contributed by atoms with E-state index >= 15 is 0 Å². The number of hydrogen-bond acceptors (Lipinski definition) is 4. The minimum absolute atomic E-state index is 0.0253. The summed E-state index contributed by atoms with van der Waals surface area (Å²) < 4.78 is 5.77. The first kappa shape index (κ1) is 15.8. The summed E-state index contributed by atoms with van der Waals surface area (Å²) in [6, 6.07) is 5.83. The van der Waals surface area contributed by atoms with Gasteiger partial charge in [0, 0.05) is 41.1 Å². The van der Waals surface area contributed by atoms with Gasteiger partial charge in [-0.1, -0.05) is 0 Å². The summed E-state index contributed by atoms with van der Waals surface area (Å²) in [6.07, 6.45) is 4.73. The second kappa shape index (κ2) is 6.29. The molecular formula is C19H20N4O2. The van der Waals surface area contributed by atoms with Crippen LogP contribution >= 0.6 is 0 Å². The van der Waals surface area contributed by atoms with Gasteiger partial charge in [-0.2, -0.15) is 0 Å². The minimum Gasteiger partial charge on any atom is -0.368 e. The Morgan fingerprint density at radius 3 is 3.00 bits per heavy atom. The molecule has 6 heteroatoms. The summed E-state index contributed by atoms with van der Waals surface area (Å²) in [5.74, 6) is 0.0253. The molecule has 0 bridgehead atoms. The maximum Gasteiger partial charge on any atom is 0.254 e. The quantitative estimate of drug-likeness (QED) is 0.781. The summed E-state index contributed by atoms with van der Waals surface area (Å²) in [7, 11) is 0. The van der Waals surface area contributed by atoms with E-state index in [1.54, 1.807) is 18.6 Å². The zero-order valence-corrected chi connectivity index (χ0v) is 14.3. The zero-order chi connectivity index (χ0) is 17.4. The van der Waals surface area contributed by atoms with Crippen LogP contribution in [-0.2, 0) is 4.74 Å². The third-order valence-electron chi connectivity index (χ3n) is 4.82. The van der Waals surface area contributed by atoms with Gasteiger partial charge in [-0.3, -0.25) is 14.8 Å². The predicted molar refractivity (Wildman–Crippen MR) is 94.4 cm³/mol. The van der Waals surface area contributed by atoms with Crippen LogP contribution in [-0.4, -0.2) is 45.5 Å². The molecule has 1 aromatic carbocycles. The van der Waals surface area contributed by atoms with E-state index in [0.717, 1.165) is 22.3 Å². The third-order valence-corrected chi connectivity index (χ3v) is 4.82. The fraction of sp³-hybridized carbons (Fsp3) is 0.316. The van der Waals surface area contributed by atoms with Crippen LogP contribution in [0, 0.1) is 13.8 Å². The van der Waals surface area contributed by atoms with E-state index < -0.39 is 0 Å². The molecule has 1 N–H and O–H groups in total. The van der Waals surface area contributed by atoms with Crippen molar-refractivity contribution < 1.29 is 9.53 Å². The summed E-state index contributed by atoms with van der Waals surface area (Å²) in [4.78, 5) is 26.5.